The predicted molar refractivity (Wildman–Crippen MR) is 89.3 cm³/mol. The van der Waals surface area contributed by atoms with Crippen LogP contribution in [-0.4, -0.2) is 37.7 Å². The highest BCUT2D eigenvalue weighted by atomic mass is 16.5. The highest BCUT2D eigenvalue weighted by Crippen LogP contribution is 2.28. The molecule has 120 valence electrons. The van der Waals surface area contributed by atoms with Gasteiger partial charge in [-0.3, -0.25) is 9.78 Å². The number of amides is 1. The average Bonchev–Trinajstić information content (AvgIpc) is 2.52. The Hall–Kier alpha value is -2.65. The van der Waals surface area contributed by atoms with Gasteiger partial charge in [0.2, 0.25) is 5.91 Å². The molecular weight excluding hydrogens is 292 g/mol. The van der Waals surface area contributed by atoms with Gasteiger partial charge in [0.1, 0.15) is 6.07 Å². The zero-order valence-electron chi connectivity index (χ0n) is 13.6. The van der Waals surface area contributed by atoms with Crippen LogP contribution in [0, 0.1) is 25.2 Å². The van der Waals surface area contributed by atoms with Crippen LogP contribution in [0.25, 0.3) is 10.9 Å². The van der Waals surface area contributed by atoms with Crippen molar-refractivity contribution in [3.63, 3.8) is 0 Å². The number of pyridine rings is 1. The van der Waals surface area contributed by atoms with Gasteiger partial charge < -0.3 is 15.4 Å². The lowest BCUT2D eigenvalue weighted by Gasteiger charge is -2.13. The maximum Gasteiger partial charge on any atom is 0.239 e. The fourth-order valence-corrected chi connectivity index (χ4v) is 2.46. The van der Waals surface area contributed by atoms with E-state index in [-0.39, 0.29) is 12.5 Å². The van der Waals surface area contributed by atoms with Gasteiger partial charge in [-0.05, 0) is 25.5 Å². The molecule has 23 heavy (non-hydrogen) atoms. The topological polar surface area (TPSA) is 87.0 Å². The molecule has 1 amide bonds. The van der Waals surface area contributed by atoms with E-state index in [0.29, 0.717) is 24.4 Å². The number of anilines is 1. The first kappa shape index (κ1) is 16.7. The minimum absolute atomic E-state index is 0.0878. The van der Waals surface area contributed by atoms with Crippen LogP contribution in [0.3, 0.4) is 0 Å². The third kappa shape index (κ3) is 3.96. The lowest BCUT2D eigenvalue weighted by Crippen LogP contribution is -2.32. The van der Waals surface area contributed by atoms with E-state index < -0.39 is 0 Å². The molecule has 0 atom stereocenters. The molecule has 0 saturated heterocycles. The molecule has 0 unspecified atom stereocenters. The summed E-state index contributed by atoms with van der Waals surface area (Å²) in [6.45, 7) is 4.98. The number of nitrogens with zero attached hydrogens (tertiary/aromatic N) is 2. The van der Waals surface area contributed by atoms with Crippen LogP contribution in [0.5, 0.6) is 0 Å². The lowest BCUT2D eigenvalue weighted by atomic mass is 10.0. The quantitative estimate of drug-likeness (QED) is 0.796. The number of benzene rings is 1. The molecule has 2 rings (SSSR count). The van der Waals surface area contributed by atoms with E-state index in [4.69, 9.17) is 4.74 Å². The molecule has 0 aliphatic rings. The normalized spacial score (nSPS) is 10.3. The number of carbonyl (C=O) groups excluding carboxylic acids is 1. The van der Waals surface area contributed by atoms with Crippen LogP contribution in [0.2, 0.25) is 0 Å². The Balaban J connectivity index is 2.28. The zero-order valence-corrected chi connectivity index (χ0v) is 13.6. The Morgan fingerprint density at radius 2 is 2.17 bits per heavy atom. The Morgan fingerprint density at radius 1 is 1.39 bits per heavy atom. The maximum atomic E-state index is 11.8. The molecule has 0 aliphatic heterocycles. The number of fused-ring (bicyclic) bond motifs is 1. The van der Waals surface area contributed by atoms with Gasteiger partial charge in [-0.25, -0.2) is 0 Å². The van der Waals surface area contributed by atoms with Crippen molar-refractivity contribution in [2.75, 3.05) is 32.1 Å². The number of rotatable bonds is 6. The van der Waals surface area contributed by atoms with E-state index in [1.807, 2.05) is 26.0 Å². The number of nitriles is 1. The maximum absolute atomic E-state index is 11.8. The van der Waals surface area contributed by atoms with E-state index in [2.05, 4.69) is 21.7 Å². The van der Waals surface area contributed by atoms with Gasteiger partial charge in [-0.2, -0.15) is 5.26 Å². The number of aryl methyl sites for hydroxylation is 2. The predicted octanol–water partition coefficient (Wildman–Crippen LogP) is 1.90. The van der Waals surface area contributed by atoms with E-state index in [1.165, 1.54) is 6.20 Å². The summed E-state index contributed by atoms with van der Waals surface area (Å²) < 4.78 is 4.89. The molecule has 0 fully saturated rings. The summed E-state index contributed by atoms with van der Waals surface area (Å²) in [6, 6.07) is 6.14. The summed E-state index contributed by atoms with van der Waals surface area (Å²) in [5, 5.41) is 16.0. The number of hydrogen-bond donors (Lipinski definition) is 2. The highest BCUT2D eigenvalue weighted by molar-refractivity contribution is 5.97. The Bertz CT molecular complexity index is 765. The molecule has 1 heterocycles. The summed E-state index contributed by atoms with van der Waals surface area (Å²) in [6.07, 6.45) is 1.54. The molecule has 0 aliphatic carbocycles. The highest BCUT2D eigenvalue weighted by Gasteiger charge is 2.12. The molecule has 1 aromatic heterocycles. The largest absolute Gasteiger partial charge is 0.383 e. The van der Waals surface area contributed by atoms with E-state index in [9.17, 15) is 10.1 Å². The van der Waals surface area contributed by atoms with Crippen molar-refractivity contribution in [1.29, 1.82) is 5.26 Å². The second-order valence-corrected chi connectivity index (χ2v) is 5.33. The van der Waals surface area contributed by atoms with Gasteiger partial charge in [0, 0.05) is 25.2 Å². The van der Waals surface area contributed by atoms with Crippen molar-refractivity contribution in [3.05, 3.63) is 35.0 Å². The fourth-order valence-electron chi connectivity index (χ4n) is 2.46. The SMILES string of the molecule is COCCNC(=O)CNc1c(C#N)cnc2c(C)cc(C)cc12. The van der Waals surface area contributed by atoms with Crippen LogP contribution in [0.1, 0.15) is 16.7 Å². The van der Waals surface area contributed by atoms with Gasteiger partial charge in [-0.1, -0.05) is 11.6 Å². The molecule has 6 heteroatoms. The summed E-state index contributed by atoms with van der Waals surface area (Å²) >= 11 is 0. The smallest absolute Gasteiger partial charge is 0.239 e. The molecule has 0 bridgehead atoms. The van der Waals surface area contributed by atoms with Gasteiger partial charge in [0.15, 0.2) is 0 Å². The standard InChI is InChI=1S/C17H20N4O2/c1-11-6-12(2)16-14(7-11)17(13(8-18)9-20-16)21-10-15(22)19-4-5-23-3/h6-7,9H,4-5,10H2,1-3H3,(H,19,22)(H,20,21). The van der Waals surface area contributed by atoms with E-state index in [1.54, 1.807) is 7.11 Å². The first-order chi connectivity index (χ1) is 11.1. The molecular formula is C17H20N4O2. The number of methoxy groups -OCH3 is 1. The number of hydrogen-bond acceptors (Lipinski definition) is 5. The second kappa shape index (κ2) is 7.56. The van der Waals surface area contributed by atoms with Gasteiger partial charge >= 0.3 is 0 Å². The fraction of sp³-hybridized carbons (Fsp3) is 0.353. The molecule has 0 spiro atoms. The molecule has 1 aromatic carbocycles. The van der Waals surface area contributed by atoms with Crippen LogP contribution < -0.4 is 10.6 Å². The average molecular weight is 312 g/mol. The Labute approximate surface area is 135 Å². The third-order valence-electron chi connectivity index (χ3n) is 3.48. The Morgan fingerprint density at radius 3 is 2.87 bits per heavy atom. The molecule has 2 aromatic rings. The lowest BCUT2D eigenvalue weighted by molar-refractivity contribution is -0.119. The van der Waals surface area contributed by atoms with Crippen molar-refractivity contribution >= 4 is 22.5 Å². The van der Waals surface area contributed by atoms with E-state index >= 15 is 0 Å². The third-order valence-corrected chi connectivity index (χ3v) is 3.48. The van der Waals surface area contributed by atoms with Gasteiger partial charge in [0.25, 0.3) is 0 Å². The van der Waals surface area contributed by atoms with Crippen molar-refractivity contribution in [2.24, 2.45) is 0 Å². The second-order valence-electron chi connectivity index (χ2n) is 5.33. The minimum atomic E-state index is -0.153. The Kier molecular flexibility index (Phi) is 5.50. The van der Waals surface area contributed by atoms with Crippen LogP contribution >= 0.6 is 0 Å². The summed E-state index contributed by atoms with van der Waals surface area (Å²) in [5.41, 5.74) is 4.02. The van der Waals surface area contributed by atoms with Gasteiger partial charge in [0.05, 0.1) is 29.9 Å². The number of carbonyl (C=O) groups is 1. The van der Waals surface area contributed by atoms with Crippen molar-refractivity contribution < 1.29 is 9.53 Å². The molecule has 0 radical (unpaired) electrons. The first-order valence-corrected chi connectivity index (χ1v) is 7.36. The van der Waals surface area contributed by atoms with E-state index in [0.717, 1.165) is 22.0 Å². The monoisotopic (exact) mass is 312 g/mol. The molecule has 0 saturated carbocycles. The minimum Gasteiger partial charge on any atom is -0.383 e. The zero-order chi connectivity index (χ0) is 16.8. The number of aromatic nitrogens is 1. The van der Waals surface area contributed by atoms with Crippen molar-refractivity contribution in [2.45, 2.75) is 13.8 Å². The molecule has 2 N–H and O–H groups in total. The number of ether oxygens (including phenoxy) is 1. The molecule has 6 nitrogen and oxygen atoms in total. The van der Waals surface area contributed by atoms with Crippen LogP contribution in [-0.2, 0) is 9.53 Å². The van der Waals surface area contributed by atoms with Crippen molar-refractivity contribution in [3.8, 4) is 6.07 Å². The number of nitrogens with one attached hydrogen (secondary N) is 2. The van der Waals surface area contributed by atoms with Crippen molar-refractivity contribution in [1.82, 2.24) is 10.3 Å². The summed E-state index contributed by atoms with van der Waals surface area (Å²) in [4.78, 5) is 16.2. The summed E-state index contributed by atoms with van der Waals surface area (Å²) in [7, 11) is 1.58. The van der Waals surface area contributed by atoms with Crippen LogP contribution in [0.4, 0.5) is 5.69 Å². The van der Waals surface area contributed by atoms with Crippen LogP contribution in [0.15, 0.2) is 18.3 Å². The van der Waals surface area contributed by atoms with Gasteiger partial charge in [-0.15, -0.1) is 0 Å². The summed E-state index contributed by atoms with van der Waals surface area (Å²) in [5.74, 6) is -0.153. The first-order valence-electron chi connectivity index (χ1n) is 7.36.